The molecule has 6 rings (SSSR count). The van der Waals surface area contributed by atoms with E-state index in [0.29, 0.717) is 19.5 Å². The van der Waals surface area contributed by atoms with Crippen LogP contribution in [0.4, 0.5) is 13.2 Å². The number of carbonyl (C=O) groups excluding carboxylic acids is 2. The van der Waals surface area contributed by atoms with Crippen molar-refractivity contribution in [3.63, 3.8) is 0 Å². The lowest BCUT2D eigenvalue weighted by molar-refractivity contribution is -0.210. The van der Waals surface area contributed by atoms with Gasteiger partial charge >= 0.3 is 0 Å². The maximum Gasteiger partial charge on any atom is 0.178 e. The van der Waals surface area contributed by atoms with E-state index in [-0.39, 0.29) is 30.1 Å². The molecule has 3 saturated carbocycles. The molecule has 0 spiro atoms. The minimum absolute atomic E-state index is 0.0572. The number of halogens is 3. The van der Waals surface area contributed by atoms with E-state index >= 15 is 8.78 Å². The minimum Gasteiger partial charge on any atom is -0.508 e. The van der Waals surface area contributed by atoms with Crippen molar-refractivity contribution in [2.24, 2.45) is 34.0 Å². The Kier molecular flexibility index (Phi) is 8.84. The average molecular weight is 668 g/mol. The summed E-state index contributed by atoms with van der Waals surface area (Å²) in [5, 5.41) is 21.1. The van der Waals surface area contributed by atoms with E-state index in [0.717, 1.165) is 21.8 Å². The zero-order valence-corrected chi connectivity index (χ0v) is 28.2. The van der Waals surface area contributed by atoms with Crippen LogP contribution >= 0.6 is 11.8 Å². The number of phenolic OH excluding ortho intramolecular Hbond substituents is 1. The topological polar surface area (TPSA) is 77.8 Å². The quantitative estimate of drug-likeness (QED) is 0.276. The number of hydrogen-bond donors (Lipinski definition) is 2. The van der Waals surface area contributed by atoms with Crippen LogP contribution in [0.5, 0.6) is 5.75 Å². The predicted octanol–water partition coefficient (Wildman–Crippen LogP) is 7.21. The number of hydrogen-bond acceptors (Lipinski definition) is 6. The van der Waals surface area contributed by atoms with Crippen LogP contribution in [0.2, 0.25) is 0 Å². The number of rotatable bonds is 9. The lowest BCUT2D eigenvalue weighted by atomic mass is 9.43. The van der Waals surface area contributed by atoms with E-state index in [2.05, 4.69) is 29.2 Å². The van der Waals surface area contributed by atoms with Gasteiger partial charge in [0.1, 0.15) is 18.6 Å². The van der Waals surface area contributed by atoms with Gasteiger partial charge in [0, 0.05) is 40.5 Å². The summed E-state index contributed by atoms with van der Waals surface area (Å²) in [7, 11) is 1.95. The lowest BCUT2D eigenvalue weighted by Crippen LogP contribution is -2.69. The number of benzene rings is 2. The van der Waals surface area contributed by atoms with Crippen LogP contribution in [0, 0.1) is 34.0 Å². The second-order valence-electron chi connectivity index (χ2n) is 14.8. The Morgan fingerprint density at radius 1 is 1.02 bits per heavy atom. The fourth-order valence-electron chi connectivity index (χ4n) is 9.74. The smallest absolute Gasteiger partial charge is 0.178 e. The zero-order valence-electron chi connectivity index (χ0n) is 27.4. The van der Waals surface area contributed by atoms with Crippen molar-refractivity contribution in [3.8, 4) is 5.75 Å². The number of Topliss-reactive ketones (excluding diaryl/α,β-unsaturated/α-hetero) is 1. The molecule has 0 saturated heterocycles. The third-order valence-electron chi connectivity index (χ3n) is 12.5. The molecule has 9 atom stereocenters. The maximum absolute atomic E-state index is 17.7. The average Bonchev–Trinajstić information content (AvgIpc) is 3.25. The Morgan fingerprint density at radius 2 is 1.68 bits per heavy atom. The number of aromatic hydroxyl groups is 1. The molecule has 0 amide bonds. The van der Waals surface area contributed by atoms with Crippen molar-refractivity contribution in [1.29, 1.82) is 0 Å². The monoisotopic (exact) mass is 667 g/mol. The Morgan fingerprint density at radius 3 is 2.34 bits per heavy atom. The van der Waals surface area contributed by atoms with Crippen LogP contribution in [0.1, 0.15) is 51.2 Å². The first kappa shape index (κ1) is 34.0. The Bertz CT molecular complexity index is 1600. The van der Waals surface area contributed by atoms with E-state index in [1.807, 2.05) is 26.1 Å². The summed E-state index contributed by atoms with van der Waals surface area (Å²) in [6.07, 6.45) is 0.903. The van der Waals surface area contributed by atoms with Gasteiger partial charge in [-0.15, -0.1) is 11.8 Å². The molecule has 0 bridgehead atoms. The summed E-state index contributed by atoms with van der Waals surface area (Å²) < 4.78 is 47.9. The molecular weight excluding hydrogens is 623 g/mol. The van der Waals surface area contributed by atoms with Gasteiger partial charge in [0.25, 0.3) is 0 Å². The normalized spacial score (nSPS) is 37.7. The molecule has 4 aliphatic rings. The highest BCUT2D eigenvalue weighted by Gasteiger charge is 2.76. The first-order valence-corrected chi connectivity index (χ1v) is 17.4. The highest BCUT2D eigenvalue weighted by atomic mass is 32.2. The molecule has 9 heteroatoms. The van der Waals surface area contributed by atoms with Crippen molar-refractivity contribution in [3.05, 3.63) is 83.5 Å². The third kappa shape index (κ3) is 5.32. The largest absolute Gasteiger partial charge is 0.508 e. The molecule has 2 aromatic carbocycles. The summed E-state index contributed by atoms with van der Waals surface area (Å²) >= 11 is 1.68. The minimum atomic E-state index is -2.24. The summed E-state index contributed by atoms with van der Waals surface area (Å²) in [6.45, 7) is 5.07. The summed E-state index contributed by atoms with van der Waals surface area (Å²) in [6, 6.07) is 15.4. The fourth-order valence-corrected chi connectivity index (χ4v) is 10.6. The number of carbonyl (C=O) groups is 2. The summed E-state index contributed by atoms with van der Waals surface area (Å²) in [5.41, 5.74) is -3.61. The third-order valence-corrected chi connectivity index (χ3v) is 13.6. The van der Waals surface area contributed by atoms with Gasteiger partial charge in [0.15, 0.2) is 17.2 Å². The number of allylic oxidation sites excluding steroid dienone is 4. The molecule has 2 N–H and O–H groups in total. The first-order chi connectivity index (χ1) is 22.2. The van der Waals surface area contributed by atoms with Crippen molar-refractivity contribution in [1.82, 2.24) is 4.90 Å². The van der Waals surface area contributed by atoms with Gasteiger partial charge in [-0.3, -0.25) is 9.59 Å². The van der Waals surface area contributed by atoms with Gasteiger partial charge in [-0.2, -0.15) is 0 Å². The van der Waals surface area contributed by atoms with E-state index in [1.54, 1.807) is 37.7 Å². The van der Waals surface area contributed by atoms with Crippen LogP contribution in [-0.2, 0) is 21.9 Å². The van der Waals surface area contributed by atoms with Gasteiger partial charge in [-0.25, -0.2) is 13.2 Å². The first-order valence-electron chi connectivity index (χ1n) is 16.4. The number of thioether (sulfide) groups is 1. The standard InChI is InChI=1S/C38H44F3NO4S/c1-35-14-13-27(44)16-31(35)32(40)17-30-29-15-25(37(3,34(46)19-39)36(29,2)18-33(45)38(30,35)41)21-42(4)20-23-5-7-24(8-6-23)22-47-28-11-9-26(43)10-12-28/h5-14,16,25,29-30,32-33,43,45H,15,17-22H2,1-4H3/t25-,29-,30-,32-,33-,35-,36-,37+,38-/m0/s1. The van der Waals surface area contributed by atoms with Gasteiger partial charge in [-0.05, 0) is 104 Å². The molecule has 5 nitrogen and oxygen atoms in total. The highest BCUT2D eigenvalue weighted by Crippen LogP contribution is 2.73. The molecule has 47 heavy (non-hydrogen) atoms. The molecule has 4 aliphatic carbocycles. The van der Waals surface area contributed by atoms with Crippen LogP contribution in [0.3, 0.4) is 0 Å². The Hall–Kier alpha value is -2.88. The molecular formula is C38H44F3NO4S. The van der Waals surface area contributed by atoms with Crippen molar-refractivity contribution in [2.75, 3.05) is 20.3 Å². The van der Waals surface area contributed by atoms with Crippen LogP contribution < -0.4 is 0 Å². The predicted molar refractivity (Wildman–Crippen MR) is 177 cm³/mol. The number of fused-ring (bicyclic) bond motifs is 5. The SMILES string of the molecule is CN(Cc1ccc(CSc2ccc(O)cc2)cc1)C[C@@H]1C[C@H]2[C@@H]3C[C@H](F)C4=CC(=O)C=C[C@]4(C)[C@@]3(F)[C@@H](O)C[C@]2(C)[C@@]1(C)C(=O)CF. The van der Waals surface area contributed by atoms with E-state index in [9.17, 15) is 24.2 Å². The Labute approximate surface area is 279 Å². The molecule has 0 unspecified atom stereocenters. The van der Waals surface area contributed by atoms with E-state index in [4.69, 9.17) is 0 Å². The summed E-state index contributed by atoms with van der Waals surface area (Å²) in [4.78, 5) is 28.9. The number of phenols is 1. The molecule has 0 radical (unpaired) electrons. The van der Waals surface area contributed by atoms with Crippen molar-refractivity contribution in [2.45, 2.75) is 75.2 Å². The van der Waals surface area contributed by atoms with Crippen molar-refractivity contribution >= 4 is 23.3 Å². The number of alkyl halides is 3. The van der Waals surface area contributed by atoms with Gasteiger partial charge in [0.2, 0.25) is 0 Å². The molecule has 0 aliphatic heterocycles. The van der Waals surface area contributed by atoms with Gasteiger partial charge < -0.3 is 15.1 Å². The molecule has 0 aromatic heterocycles. The summed E-state index contributed by atoms with van der Waals surface area (Å²) in [5.74, 6) is -1.67. The van der Waals surface area contributed by atoms with E-state index < -0.39 is 64.3 Å². The fraction of sp³-hybridized carbons (Fsp3) is 0.526. The molecule has 252 valence electrons. The second-order valence-corrected chi connectivity index (χ2v) is 15.9. The molecule has 3 fully saturated rings. The number of aliphatic hydroxyl groups is 1. The molecule has 0 heterocycles. The van der Waals surface area contributed by atoms with E-state index in [1.165, 1.54) is 18.2 Å². The Balaban J connectivity index is 1.22. The lowest BCUT2D eigenvalue weighted by Gasteiger charge is -2.63. The highest BCUT2D eigenvalue weighted by molar-refractivity contribution is 7.98. The van der Waals surface area contributed by atoms with Gasteiger partial charge in [0.05, 0.1) is 6.10 Å². The van der Waals surface area contributed by atoms with Crippen molar-refractivity contribution < 1.29 is 33.0 Å². The maximum atomic E-state index is 17.7. The number of nitrogens with zero attached hydrogens (tertiary/aromatic N) is 1. The second kappa shape index (κ2) is 12.2. The number of ketones is 2. The number of aliphatic hydroxyl groups excluding tert-OH is 1. The van der Waals surface area contributed by atoms with Crippen LogP contribution in [0.15, 0.2) is 77.2 Å². The zero-order chi connectivity index (χ0) is 33.9. The van der Waals surface area contributed by atoms with Crippen LogP contribution in [-0.4, -0.2) is 64.9 Å². The van der Waals surface area contributed by atoms with Gasteiger partial charge in [-0.1, -0.05) is 44.2 Å². The van der Waals surface area contributed by atoms with Crippen LogP contribution in [0.25, 0.3) is 0 Å². The molecule has 2 aromatic rings.